The van der Waals surface area contributed by atoms with Crippen molar-refractivity contribution < 1.29 is 14.3 Å². The average molecular weight is 475 g/mol. The van der Waals surface area contributed by atoms with E-state index in [4.69, 9.17) is 4.74 Å². The van der Waals surface area contributed by atoms with E-state index in [-0.39, 0.29) is 0 Å². The molecule has 0 aliphatic carbocycles. The van der Waals surface area contributed by atoms with Crippen LogP contribution >= 0.6 is 22.7 Å². The van der Waals surface area contributed by atoms with E-state index >= 15 is 0 Å². The van der Waals surface area contributed by atoms with Gasteiger partial charge >= 0.3 is 5.97 Å². The van der Waals surface area contributed by atoms with Crippen molar-refractivity contribution in [3.8, 4) is 22.0 Å². The summed E-state index contributed by atoms with van der Waals surface area (Å²) in [4.78, 5) is 38.8. The van der Waals surface area contributed by atoms with E-state index in [1.807, 2.05) is 53.2 Å². The summed E-state index contributed by atoms with van der Waals surface area (Å²) < 4.78 is 5.47. The van der Waals surface area contributed by atoms with Crippen molar-refractivity contribution in [1.82, 2.24) is 15.0 Å². The first-order valence-corrected chi connectivity index (χ1v) is 11.9. The SMILES string of the molecule is CC(OC(=O)c1ccccc1-c1nc2ccccc2[nH]1)C(=O)Nc1nc(-c2cccs2)cs1. The number of imidazole rings is 1. The van der Waals surface area contributed by atoms with Crippen LogP contribution in [0, 0.1) is 0 Å². The van der Waals surface area contributed by atoms with Crippen LogP contribution in [0.1, 0.15) is 17.3 Å². The number of carbonyl (C=O) groups is 2. The molecule has 0 bridgehead atoms. The number of esters is 1. The summed E-state index contributed by atoms with van der Waals surface area (Å²) in [5.74, 6) is -0.492. The summed E-state index contributed by atoms with van der Waals surface area (Å²) in [6.45, 7) is 1.53. The third-order valence-corrected chi connectivity index (χ3v) is 6.60. The highest BCUT2D eigenvalue weighted by molar-refractivity contribution is 7.16. The number of thiophene rings is 1. The summed E-state index contributed by atoms with van der Waals surface area (Å²) >= 11 is 2.90. The van der Waals surface area contributed by atoms with Gasteiger partial charge in [0.05, 0.1) is 27.2 Å². The number of H-pyrrole nitrogens is 1. The maximum absolute atomic E-state index is 12.9. The number of ether oxygens (including phenoxy) is 1. The number of aromatic amines is 1. The van der Waals surface area contributed by atoms with Crippen molar-refractivity contribution >= 4 is 50.7 Å². The molecule has 2 N–H and O–H groups in total. The Balaban J connectivity index is 1.30. The Bertz CT molecular complexity index is 1410. The van der Waals surface area contributed by atoms with Gasteiger partial charge in [0.25, 0.3) is 5.91 Å². The molecule has 0 radical (unpaired) electrons. The monoisotopic (exact) mass is 474 g/mol. The van der Waals surface area contributed by atoms with Crippen molar-refractivity contribution in [3.05, 3.63) is 77.0 Å². The number of hydrogen-bond donors (Lipinski definition) is 2. The molecule has 0 saturated carbocycles. The van der Waals surface area contributed by atoms with Crippen LogP contribution in [-0.2, 0) is 9.53 Å². The molecule has 7 nitrogen and oxygen atoms in total. The van der Waals surface area contributed by atoms with Crippen LogP contribution in [0.4, 0.5) is 5.13 Å². The largest absolute Gasteiger partial charge is 0.449 e. The topological polar surface area (TPSA) is 97.0 Å². The van der Waals surface area contributed by atoms with Gasteiger partial charge in [0.15, 0.2) is 11.2 Å². The molecular formula is C24H18N4O3S2. The Morgan fingerprint density at radius 3 is 2.64 bits per heavy atom. The second-order valence-electron chi connectivity index (χ2n) is 7.20. The van der Waals surface area contributed by atoms with E-state index < -0.39 is 18.0 Å². The summed E-state index contributed by atoms with van der Waals surface area (Å²) in [7, 11) is 0. The van der Waals surface area contributed by atoms with Crippen LogP contribution in [0.2, 0.25) is 0 Å². The number of carbonyl (C=O) groups excluding carboxylic acids is 2. The molecule has 0 aliphatic rings. The first-order valence-electron chi connectivity index (χ1n) is 10.1. The van der Waals surface area contributed by atoms with Crippen molar-refractivity contribution in [1.29, 1.82) is 0 Å². The van der Waals surface area contributed by atoms with Gasteiger partial charge in [-0.05, 0) is 36.6 Å². The molecule has 2 aromatic carbocycles. The lowest BCUT2D eigenvalue weighted by atomic mass is 10.1. The smallest absolute Gasteiger partial charge is 0.339 e. The Kier molecular flexibility index (Phi) is 5.72. The van der Waals surface area contributed by atoms with Crippen LogP contribution < -0.4 is 5.32 Å². The van der Waals surface area contributed by atoms with Gasteiger partial charge in [0.2, 0.25) is 0 Å². The molecule has 3 heterocycles. The molecule has 0 spiro atoms. The quantitative estimate of drug-likeness (QED) is 0.312. The molecule has 1 atom stereocenters. The molecule has 0 fully saturated rings. The standard InChI is InChI=1S/C24H18N4O3S2/c1-14(22(29)28-24-27-19(13-33-24)20-11-6-12-32-20)31-23(30)16-8-3-2-7-15(16)21-25-17-9-4-5-10-18(17)26-21/h2-14H,1H3,(H,25,26)(H,27,28,29). The minimum Gasteiger partial charge on any atom is -0.449 e. The maximum atomic E-state index is 12.9. The number of fused-ring (bicyclic) bond motifs is 1. The van der Waals surface area contributed by atoms with E-state index in [0.717, 1.165) is 21.6 Å². The van der Waals surface area contributed by atoms with E-state index in [2.05, 4.69) is 20.3 Å². The third kappa shape index (κ3) is 4.41. The number of benzene rings is 2. The molecule has 164 valence electrons. The molecule has 9 heteroatoms. The van der Waals surface area contributed by atoms with Gasteiger partial charge < -0.3 is 9.72 Å². The molecular weight excluding hydrogens is 456 g/mol. The molecule has 5 rings (SSSR count). The zero-order valence-corrected chi connectivity index (χ0v) is 19.1. The predicted molar refractivity (Wildman–Crippen MR) is 130 cm³/mol. The molecule has 0 saturated heterocycles. The third-order valence-electron chi connectivity index (χ3n) is 4.95. The zero-order valence-electron chi connectivity index (χ0n) is 17.4. The lowest BCUT2D eigenvalue weighted by Gasteiger charge is -2.13. The van der Waals surface area contributed by atoms with Crippen LogP contribution in [-0.4, -0.2) is 32.9 Å². The second kappa shape index (κ2) is 8.97. The fourth-order valence-electron chi connectivity index (χ4n) is 3.30. The fourth-order valence-corrected chi connectivity index (χ4v) is 4.78. The molecule has 3 aromatic heterocycles. The predicted octanol–water partition coefficient (Wildman–Crippen LogP) is 5.60. The minimum atomic E-state index is -1.00. The van der Waals surface area contributed by atoms with E-state index in [0.29, 0.717) is 22.1 Å². The number of nitrogens with zero attached hydrogens (tertiary/aromatic N) is 2. The number of hydrogen-bond acceptors (Lipinski definition) is 7. The Hall–Kier alpha value is -3.82. The normalized spacial score (nSPS) is 11.9. The molecule has 1 amide bonds. The second-order valence-corrected chi connectivity index (χ2v) is 9.01. The van der Waals surface area contributed by atoms with E-state index in [1.54, 1.807) is 29.5 Å². The van der Waals surface area contributed by atoms with Crippen molar-refractivity contribution in [2.45, 2.75) is 13.0 Å². The highest BCUT2D eigenvalue weighted by Gasteiger charge is 2.23. The van der Waals surface area contributed by atoms with Crippen molar-refractivity contribution in [2.24, 2.45) is 0 Å². The molecule has 0 aliphatic heterocycles. The number of para-hydroxylation sites is 2. The fraction of sp³-hybridized carbons (Fsp3) is 0.0833. The Morgan fingerprint density at radius 2 is 1.82 bits per heavy atom. The first kappa shape index (κ1) is 21.0. The highest BCUT2D eigenvalue weighted by Crippen LogP contribution is 2.28. The van der Waals surface area contributed by atoms with Gasteiger partial charge in [-0.25, -0.2) is 14.8 Å². The lowest BCUT2D eigenvalue weighted by molar-refractivity contribution is -0.123. The van der Waals surface area contributed by atoms with Crippen LogP contribution in [0.5, 0.6) is 0 Å². The van der Waals surface area contributed by atoms with E-state index in [1.165, 1.54) is 18.3 Å². The highest BCUT2D eigenvalue weighted by atomic mass is 32.1. The molecule has 5 aromatic rings. The summed E-state index contributed by atoms with van der Waals surface area (Å²) in [6.07, 6.45) is -1.00. The van der Waals surface area contributed by atoms with Gasteiger partial charge in [-0.3, -0.25) is 10.1 Å². The van der Waals surface area contributed by atoms with Crippen LogP contribution in [0.3, 0.4) is 0 Å². The van der Waals surface area contributed by atoms with Crippen molar-refractivity contribution in [3.63, 3.8) is 0 Å². The molecule has 33 heavy (non-hydrogen) atoms. The van der Waals surface area contributed by atoms with Gasteiger partial charge in [0.1, 0.15) is 5.82 Å². The number of thiazole rings is 1. The maximum Gasteiger partial charge on any atom is 0.339 e. The lowest BCUT2D eigenvalue weighted by Crippen LogP contribution is -2.30. The summed E-state index contributed by atoms with van der Waals surface area (Å²) in [5, 5.41) is 7.02. The molecule has 1 unspecified atom stereocenters. The first-order chi connectivity index (χ1) is 16.1. The van der Waals surface area contributed by atoms with Crippen molar-refractivity contribution in [2.75, 3.05) is 5.32 Å². The minimum absolute atomic E-state index is 0.324. The number of amides is 1. The van der Waals surface area contributed by atoms with Gasteiger partial charge in [-0.2, -0.15) is 0 Å². The zero-order chi connectivity index (χ0) is 22.8. The van der Waals surface area contributed by atoms with E-state index in [9.17, 15) is 9.59 Å². The van der Waals surface area contributed by atoms with Gasteiger partial charge in [-0.15, -0.1) is 22.7 Å². The summed E-state index contributed by atoms with van der Waals surface area (Å²) in [6, 6.07) is 18.6. The Labute approximate surface area is 197 Å². The van der Waals surface area contributed by atoms with Crippen LogP contribution in [0.15, 0.2) is 71.4 Å². The summed E-state index contributed by atoms with van der Waals surface area (Å²) in [5.41, 5.74) is 3.40. The Morgan fingerprint density at radius 1 is 1.00 bits per heavy atom. The number of aromatic nitrogens is 3. The average Bonchev–Trinajstić information content (AvgIpc) is 3.59. The number of anilines is 1. The van der Waals surface area contributed by atoms with Gasteiger partial charge in [-0.1, -0.05) is 36.4 Å². The number of rotatable bonds is 6. The van der Waals surface area contributed by atoms with Gasteiger partial charge in [0, 0.05) is 10.9 Å². The van der Waals surface area contributed by atoms with Crippen LogP contribution in [0.25, 0.3) is 33.0 Å². The number of nitrogens with one attached hydrogen (secondary N) is 2.